The van der Waals surface area contributed by atoms with Gasteiger partial charge in [-0.1, -0.05) is 0 Å². The third-order valence-corrected chi connectivity index (χ3v) is 1.24. The molecule has 0 atom stereocenters. The molecule has 12 heavy (non-hydrogen) atoms. The van der Waals surface area contributed by atoms with Crippen molar-refractivity contribution in [3.05, 3.63) is 12.3 Å². The molecule has 0 aliphatic heterocycles. The highest BCUT2D eigenvalue weighted by molar-refractivity contribution is 5.81. The number of carbonyl (C=O) groups is 1. The maximum atomic E-state index is 10.5. The summed E-state index contributed by atoms with van der Waals surface area (Å²) in [6, 6.07) is 0. The van der Waals surface area contributed by atoms with Crippen LogP contribution in [0.4, 0.5) is 0 Å². The molecule has 0 aromatic carbocycles. The van der Waals surface area contributed by atoms with Crippen molar-refractivity contribution in [3.8, 4) is 0 Å². The number of likely N-dealkylation sites (N-methyl/N-ethyl adjacent to an activating group) is 1. The number of rotatable bonds is 5. The molecule has 4 heteroatoms. The molecular weight excluding hydrogens is 156 g/mol. The van der Waals surface area contributed by atoms with Gasteiger partial charge in [-0.3, -0.25) is 0 Å². The van der Waals surface area contributed by atoms with Gasteiger partial charge < -0.3 is 15.0 Å². The van der Waals surface area contributed by atoms with Crippen LogP contribution in [0.3, 0.4) is 0 Å². The Hall–Kier alpha value is -1.03. The summed E-state index contributed by atoms with van der Waals surface area (Å²) in [5, 5.41) is 2.96. The second-order valence-corrected chi connectivity index (χ2v) is 2.61. The Labute approximate surface area is 73.2 Å². The Kier molecular flexibility index (Phi) is 6.09. The molecule has 0 bridgehead atoms. The number of nitrogens with one attached hydrogen (secondary N) is 1. The minimum absolute atomic E-state index is 0.340. The number of methoxy groups -OCH3 is 1. The van der Waals surface area contributed by atoms with Crippen molar-refractivity contribution in [2.45, 2.75) is 0 Å². The van der Waals surface area contributed by atoms with Crippen LogP contribution >= 0.6 is 0 Å². The lowest BCUT2D eigenvalue weighted by atomic mass is 10.5. The van der Waals surface area contributed by atoms with Gasteiger partial charge in [0.05, 0.1) is 7.11 Å². The first-order valence-corrected chi connectivity index (χ1v) is 3.79. The zero-order valence-corrected chi connectivity index (χ0v) is 7.83. The van der Waals surface area contributed by atoms with Crippen molar-refractivity contribution < 1.29 is 9.53 Å². The standard InChI is InChI=1S/C8H16N2O2/c1-10(2)7-6-9-5-4-8(11)12-3/h4-5,9H,6-7H2,1-3H3/b5-4-. The molecule has 0 spiro atoms. The van der Waals surface area contributed by atoms with Crippen molar-refractivity contribution in [2.75, 3.05) is 34.3 Å². The molecule has 0 unspecified atom stereocenters. The lowest BCUT2D eigenvalue weighted by molar-refractivity contribution is -0.134. The lowest BCUT2D eigenvalue weighted by Crippen LogP contribution is -2.23. The zero-order chi connectivity index (χ0) is 9.40. The van der Waals surface area contributed by atoms with Gasteiger partial charge in [-0.05, 0) is 14.1 Å². The Morgan fingerprint density at radius 1 is 1.58 bits per heavy atom. The minimum Gasteiger partial charge on any atom is -0.466 e. The van der Waals surface area contributed by atoms with Crippen LogP contribution in [0.2, 0.25) is 0 Å². The molecule has 0 fully saturated rings. The van der Waals surface area contributed by atoms with E-state index in [4.69, 9.17) is 0 Å². The van der Waals surface area contributed by atoms with Crippen LogP contribution < -0.4 is 5.32 Å². The highest BCUT2D eigenvalue weighted by Gasteiger charge is 1.89. The Morgan fingerprint density at radius 2 is 2.25 bits per heavy atom. The van der Waals surface area contributed by atoms with Crippen LogP contribution in [0.15, 0.2) is 12.3 Å². The second kappa shape index (κ2) is 6.67. The van der Waals surface area contributed by atoms with E-state index in [0.717, 1.165) is 13.1 Å². The molecule has 0 radical (unpaired) electrons. The van der Waals surface area contributed by atoms with Gasteiger partial charge in [0.2, 0.25) is 0 Å². The zero-order valence-electron chi connectivity index (χ0n) is 7.83. The van der Waals surface area contributed by atoms with E-state index in [1.807, 2.05) is 14.1 Å². The van der Waals surface area contributed by atoms with E-state index < -0.39 is 0 Å². The molecule has 0 aliphatic rings. The van der Waals surface area contributed by atoms with E-state index in [2.05, 4.69) is 15.0 Å². The van der Waals surface area contributed by atoms with E-state index in [1.54, 1.807) is 6.20 Å². The summed E-state index contributed by atoms with van der Waals surface area (Å²) >= 11 is 0. The van der Waals surface area contributed by atoms with Crippen LogP contribution in [0.1, 0.15) is 0 Å². The first-order valence-electron chi connectivity index (χ1n) is 3.79. The molecule has 0 amide bonds. The van der Waals surface area contributed by atoms with Crippen molar-refractivity contribution in [1.29, 1.82) is 0 Å². The molecule has 0 saturated carbocycles. The Balaban J connectivity index is 3.30. The molecule has 70 valence electrons. The summed E-state index contributed by atoms with van der Waals surface area (Å²) in [4.78, 5) is 12.6. The van der Waals surface area contributed by atoms with Crippen LogP contribution in [0.25, 0.3) is 0 Å². The van der Waals surface area contributed by atoms with Gasteiger partial charge in [0.25, 0.3) is 0 Å². The highest BCUT2D eigenvalue weighted by Crippen LogP contribution is 1.75. The molecule has 0 aromatic heterocycles. The Morgan fingerprint density at radius 3 is 2.75 bits per heavy atom. The molecule has 4 nitrogen and oxygen atoms in total. The summed E-state index contributed by atoms with van der Waals surface area (Å²) in [6.07, 6.45) is 2.95. The van der Waals surface area contributed by atoms with Crippen molar-refractivity contribution in [2.24, 2.45) is 0 Å². The molecule has 0 aromatic rings. The predicted molar refractivity (Wildman–Crippen MR) is 47.7 cm³/mol. The van der Waals surface area contributed by atoms with Gasteiger partial charge in [-0.25, -0.2) is 4.79 Å². The van der Waals surface area contributed by atoms with Crippen molar-refractivity contribution in [1.82, 2.24) is 10.2 Å². The minimum atomic E-state index is -0.340. The van der Waals surface area contributed by atoms with Crippen molar-refractivity contribution in [3.63, 3.8) is 0 Å². The smallest absolute Gasteiger partial charge is 0.331 e. The third kappa shape index (κ3) is 7.08. The van der Waals surface area contributed by atoms with Crippen LogP contribution in [0.5, 0.6) is 0 Å². The van der Waals surface area contributed by atoms with Gasteiger partial charge in [-0.2, -0.15) is 0 Å². The largest absolute Gasteiger partial charge is 0.466 e. The van der Waals surface area contributed by atoms with Gasteiger partial charge in [0.15, 0.2) is 0 Å². The quantitative estimate of drug-likeness (QED) is 0.355. The molecule has 1 N–H and O–H groups in total. The maximum absolute atomic E-state index is 10.5. The fourth-order valence-electron chi connectivity index (χ4n) is 0.566. The first-order chi connectivity index (χ1) is 5.66. The lowest BCUT2D eigenvalue weighted by Gasteiger charge is -2.07. The molecule has 0 saturated heterocycles. The monoisotopic (exact) mass is 172 g/mol. The summed E-state index contributed by atoms with van der Waals surface area (Å²) < 4.78 is 4.40. The van der Waals surface area contributed by atoms with Gasteiger partial charge in [-0.15, -0.1) is 0 Å². The number of nitrogens with zero attached hydrogens (tertiary/aromatic N) is 1. The Bertz CT molecular complexity index is 155. The summed E-state index contributed by atoms with van der Waals surface area (Å²) in [5.41, 5.74) is 0. The number of hydrogen-bond donors (Lipinski definition) is 1. The maximum Gasteiger partial charge on any atom is 0.331 e. The number of carbonyl (C=O) groups excluding carboxylic acids is 1. The first kappa shape index (κ1) is 11.0. The van der Waals surface area contributed by atoms with Crippen LogP contribution in [-0.2, 0) is 9.53 Å². The SMILES string of the molecule is COC(=O)/C=C\NCCN(C)C. The molecule has 0 heterocycles. The highest BCUT2D eigenvalue weighted by atomic mass is 16.5. The fraction of sp³-hybridized carbons (Fsp3) is 0.625. The number of ether oxygens (including phenoxy) is 1. The van der Waals surface area contributed by atoms with Crippen LogP contribution in [-0.4, -0.2) is 45.2 Å². The van der Waals surface area contributed by atoms with Crippen molar-refractivity contribution >= 4 is 5.97 Å². The van der Waals surface area contributed by atoms with E-state index in [0.29, 0.717) is 0 Å². The van der Waals surface area contributed by atoms with E-state index >= 15 is 0 Å². The summed E-state index contributed by atoms with van der Waals surface area (Å²) in [6.45, 7) is 1.76. The van der Waals surface area contributed by atoms with Gasteiger partial charge in [0.1, 0.15) is 0 Å². The topological polar surface area (TPSA) is 41.6 Å². The molecule has 0 aliphatic carbocycles. The normalized spacial score (nSPS) is 10.7. The average molecular weight is 172 g/mol. The predicted octanol–water partition coefficient (Wildman–Crippen LogP) is -0.176. The average Bonchev–Trinajstić information content (AvgIpc) is 2.03. The summed E-state index contributed by atoms with van der Waals surface area (Å²) in [5.74, 6) is -0.340. The fourth-order valence-corrected chi connectivity index (χ4v) is 0.566. The number of hydrogen-bond acceptors (Lipinski definition) is 4. The van der Waals surface area contributed by atoms with E-state index in [1.165, 1.54) is 13.2 Å². The third-order valence-electron chi connectivity index (χ3n) is 1.24. The number of esters is 1. The van der Waals surface area contributed by atoms with Crippen LogP contribution in [0, 0.1) is 0 Å². The summed E-state index contributed by atoms with van der Waals surface area (Å²) in [7, 11) is 5.34. The molecule has 0 rings (SSSR count). The second-order valence-electron chi connectivity index (χ2n) is 2.61. The van der Waals surface area contributed by atoms with E-state index in [9.17, 15) is 4.79 Å². The van der Waals surface area contributed by atoms with Gasteiger partial charge >= 0.3 is 5.97 Å². The van der Waals surface area contributed by atoms with Gasteiger partial charge in [0, 0.05) is 25.4 Å². The molecular formula is C8H16N2O2. The van der Waals surface area contributed by atoms with E-state index in [-0.39, 0.29) is 5.97 Å².